The molecular formula is C15H15ClO2. The molecule has 2 rings (SSSR count). The summed E-state index contributed by atoms with van der Waals surface area (Å²) in [7, 11) is 0. The highest BCUT2D eigenvalue weighted by Crippen LogP contribution is 2.11. The summed E-state index contributed by atoms with van der Waals surface area (Å²) in [5.74, 6) is -0.786. The first-order chi connectivity index (χ1) is 8.59. The van der Waals surface area contributed by atoms with Crippen LogP contribution in [0, 0.1) is 6.92 Å². The Morgan fingerprint density at radius 2 is 1.61 bits per heavy atom. The Balaban J connectivity index is 0.000000184. The van der Waals surface area contributed by atoms with Gasteiger partial charge in [-0.1, -0.05) is 60.1 Å². The minimum Gasteiger partial charge on any atom is -0.481 e. The predicted octanol–water partition coefficient (Wildman–Crippen LogP) is 3.96. The third-order valence-corrected chi connectivity index (χ3v) is 2.70. The van der Waals surface area contributed by atoms with Crippen LogP contribution < -0.4 is 0 Å². The van der Waals surface area contributed by atoms with Crippen LogP contribution in [0.25, 0.3) is 0 Å². The lowest BCUT2D eigenvalue weighted by molar-refractivity contribution is -0.136. The van der Waals surface area contributed by atoms with E-state index in [0.29, 0.717) is 0 Å². The Bertz CT molecular complexity index is 474. The Labute approximate surface area is 112 Å². The van der Waals surface area contributed by atoms with Crippen LogP contribution >= 0.6 is 11.6 Å². The third kappa shape index (κ3) is 5.51. The molecule has 2 aromatic rings. The monoisotopic (exact) mass is 262 g/mol. The summed E-state index contributed by atoms with van der Waals surface area (Å²) in [5.41, 5.74) is 1.98. The molecule has 3 heteroatoms. The second kappa shape index (κ2) is 7.51. The molecule has 0 unspecified atom stereocenters. The van der Waals surface area contributed by atoms with Crippen LogP contribution in [0.4, 0.5) is 0 Å². The van der Waals surface area contributed by atoms with Gasteiger partial charge in [-0.2, -0.15) is 0 Å². The number of carbonyl (C=O) groups is 1. The highest BCUT2D eigenvalue weighted by Gasteiger charge is 1.96. The van der Waals surface area contributed by atoms with E-state index in [1.807, 2.05) is 49.4 Å². The summed E-state index contributed by atoms with van der Waals surface area (Å²) >= 11 is 5.71. The molecule has 0 heterocycles. The quantitative estimate of drug-likeness (QED) is 0.889. The maximum Gasteiger partial charge on any atom is 0.307 e. The van der Waals surface area contributed by atoms with Gasteiger partial charge < -0.3 is 5.11 Å². The van der Waals surface area contributed by atoms with Gasteiger partial charge in [-0.25, -0.2) is 0 Å². The highest BCUT2D eigenvalue weighted by molar-refractivity contribution is 6.31. The van der Waals surface area contributed by atoms with Gasteiger partial charge in [0, 0.05) is 5.02 Å². The topological polar surface area (TPSA) is 37.3 Å². The normalized spacial score (nSPS) is 9.22. The van der Waals surface area contributed by atoms with E-state index in [1.165, 1.54) is 0 Å². The molecule has 0 spiro atoms. The number of halogens is 1. The fraction of sp³-hybridized carbons (Fsp3) is 0.133. The van der Waals surface area contributed by atoms with Gasteiger partial charge >= 0.3 is 5.97 Å². The van der Waals surface area contributed by atoms with Crippen LogP contribution in [-0.2, 0) is 11.2 Å². The van der Waals surface area contributed by atoms with Gasteiger partial charge in [0.2, 0.25) is 0 Å². The van der Waals surface area contributed by atoms with E-state index in [0.717, 1.165) is 16.1 Å². The van der Waals surface area contributed by atoms with Gasteiger partial charge in [-0.15, -0.1) is 0 Å². The van der Waals surface area contributed by atoms with Crippen molar-refractivity contribution in [1.82, 2.24) is 0 Å². The van der Waals surface area contributed by atoms with E-state index < -0.39 is 5.97 Å². The third-order valence-electron chi connectivity index (χ3n) is 2.27. The fourth-order valence-corrected chi connectivity index (χ4v) is 1.46. The van der Waals surface area contributed by atoms with Crippen molar-refractivity contribution in [3.8, 4) is 0 Å². The predicted molar refractivity (Wildman–Crippen MR) is 74.0 cm³/mol. The molecule has 0 fully saturated rings. The van der Waals surface area contributed by atoms with Crippen molar-refractivity contribution in [3.63, 3.8) is 0 Å². The molecular weight excluding hydrogens is 248 g/mol. The van der Waals surface area contributed by atoms with Crippen LogP contribution in [-0.4, -0.2) is 11.1 Å². The van der Waals surface area contributed by atoms with E-state index in [2.05, 4.69) is 0 Å². The van der Waals surface area contributed by atoms with Gasteiger partial charge in [0.05, 0.1) is 6.42 Å². The van der Waals surface area contributed by atoms with Crippen molar-refractivity contribution in [2.75, 3.05) is 0 Å². The van der Waals surface area contributed by atoms with Gasteiger partial charge in [0.25, 0.3) is 0 Å². The number of aliphatic carboxylic acids is 1. The summed E-state index contributed by atoms with van der Waals surface area (Å²) in [5, 5.41) is 9.21. The first-order valence-corrected chi connectivity index (χ1v) is 5.94. The summed E-state index contributed by atoms with van der Waals surface area (Å²) in [4.78, 5) is 10.2. The van der Waals surface area contributed by atoms with Gasteiger partial charge in [0.1, 0.15) is 0 Å². The molecule has 18 heavy (non-hydrogen) atoms. The van der Waals surface area contributed by atoms with E-state index in [4.69, 9.17) is 16.7 Å². The molecule has 2 nitrogen and oxygen atoms in total. The molecule has 0 bridgehead atoms. The minimum absolute atomic E-state index is 0.112. The SMILES string of the molecule is Cc1ccccc1Cl.O=C(O)Cc1ccccc1. The van der Waals surface area contributed by atoms with Crippen molar-refractivity contribution in [2.45, 2.75) is 13.3 Å². The van der Waals surface area contributed by atoms with E-state index in [9.17, 15) is 4.79 Å². The molecule has 2 aromatic carbocycles. The molecule has 94 valence electrons. The Hall–Kier alpha value is -1.80. The van der Waals surface area contributed by atoms with Crippen LogP contribution in [0.3, 0.4) is 0 Å². The number of hydrogen-bond acceptors (Lipinski definition) is 1. The van der Waals surface area contributed by atoms with Crippen LogP contribution in [0.1, 0.15) is 11.1 Å². The minimum atomic E-state index is -0.786. The summed E-state index contributed by atoms with van der Waals surface area (Å²) in [6.45, 7) is 1.99. The van der Waals surface area contributed by atoms with Crippen LogP contribution in [0.2, 0.25) is 5.02 Å². The number of hydrogen-bond donors (Lipinski definition) is 1. The second-order valence-corrected chi connectivity index (χ2v) is 4.21. The average molecular weight is 263 g/mol. The summed E-state index contributed by atoms with van der Waals surface area (Å²) in [6, 6.07) is 16.9. The van der Waals surface area contributed by atoms with E-state index in [-0.39, 0.29) is 6.42 Å². The lowest BCUT2D eigenvalue weighted by atomic mass is 10.2. The summed E-state index contributed by atoms with van der Waals surface area (Å²) in [6.07, 6.45) is 0.112. The zero-order valence-electron chi connectivity index (χ0n) is 10.1. The molecule has 0 aliphatic carbocycles. The van der Waals surface area contributed by atoms with Gasteiger partial charge in [-0.05, 0) is 24.1 Å². The Kier molecular flexibility index (Phi) is 5.95. The molecule has 0 aliphatic rings. The van der Waals surface area contributed by atoms with Crippen LogP contribution in [0.5, 0.6) is 0 Å². The van der Waals surface area contributed by atoms with E-state index >= 15 is 0 Å². The van der Waals surface area contributed by atoms with Crippen molar-refractivity contribution < 1.29 is 9.90 Å². The lowest BCUT2D eigenvalue weighted by Gasteiger charge is -1.92. The molecule has 1 N–H and O–H groups in total. The molecule has 0 atom stereocenters. The molecule has 0 aliphatic heterocycles. The lowest BCUT2D eigenvalue weighted by Crippen LogP contribution is -1.98. The van der Waals surface area contributed by atoms with E-state index in [1.54, 1.807) is 12.1 Å². The van der Waals surface area contributed by atoms with Crippen molar-refractivity contribution >= 4 is 17.6 Å². The first kappa shape index (κ1) is 14.3. The zero-order chi connectivity index (χ0) is 13.4. The molecule has 0 amide bonds. The molecule has 0 saturated carbocycles. The fourth-order valence-electron chi connectivity index (χ4n) is 1.32. The average Bonchev–Trinajstić information content (AvgIpc) is 2.34. The molecule has 0 aromatic heterocycles. The molecule has 0 saturated heterocycles. The maximum atomic E-state index is 10.2. The van der Waals surface area contributed by atoms with Gasteiger partial charge in [-0.3, -0.25) is 4.79 Å². The second-order valence-electron chi connectivity index (χ2n) is 3.81. The first-order valence-electron chi connectivity index (χ1n) is 5.56. The number of benzene rings is 2. The maximum absolute atomic E-state index is 10.2. The molecule has 0 radical (unpaired) electrons. The van der Waals surface area contributed by atoms with Crippen LogP contribution in [0.15, 0.2) is 54.6 Å². The Morgan fingerprint density at radius 3 is 2.06 bits per heavy atom. The number of carboxylic acid groups (broad SMARTS) is 1. The number of carboxylic acids is 1. The smallest absolute Gasteiger partial charge is 0.307 e. The largest absolute Gasteiger partial charge is 0.481 e. The highest BCUT2D eigenvalue weighted by atomic mass is 35.5. The number of aryl methyl sites for hydroxylation is 1. The zero-order valence-corrected chi connectivity index (χ0v) is 10.9. The summed E-state index contributed by atoms with van der Waals surface area (Å²) < 4.78 is 0. The van der Waals surface area contributed by atoms with Crippen molar-refractivity contribution in [2.24, 2.45) is 0 Å². The Morgan fingerprint density at radius 1 is 1.06 bits per heavy atom. The van der Waals surface area contributed by atoms with Gasteiger partial charge in [0.15, 0.2) is 0 Å². The standard InChI is InChI=1S/C8H8O2.C7H7Cl/c9-8(10)6-7-4-2-1-3-5-7;1-6-4-2-3-5-7(6)8/h1-5H,6H2,(H,9,10);2-5H,1H3. The van der Waals surface area contributed by atoms with Crippen molar-refractivity contribution in [1.29, 1.82) is 0 Å². The number of rotatable bonds is 2. The van der Waals surface area contributed by atoms with Crippen molar-refractivity contribution in [3.05, 3.63) is 70.7 Å².